The summed E-state index contributed by atoms with van der Waals surface area (Å²) in [4.78, 5) is 4.28. The van der Waals surface area contributed by atoms with Crippen molar-refractivity contribution in [1.29, 1.82) is 0 Å². The van der Waals surface area contributed by atoms with Crippen molar-refractivity contribution in [1.82, 2.24) is 9.55 Å². The van der Waals surface area contributed by atoms with Crippen molar-refractivity contribution >= 4 is 11.0 Å². The lowest BCUT2D eigenvalue weighted by Crippen LogP contribution is -2.15. The zero-order valence-electron chi connectivity index (χ0n) is 11.7. The summed E-state index contributed by atoms with van der Waals surface area (Å²) in [6.07, 6.45) is -4.36. The van der Waals surface area contributed by atoms with Crippen molar-refractivity contribution in [3.05, 3.63) is 29.6 Å². The lowest BCUT2D eigenvalue weighted by atomic mass is 10.2. The first-order valence-electron chi connectivity index (χ1n) is 6.53. The predicted molar refractivity (Wildman–Crippen MR) is 72.2 cm³/mol. The van der Waals surface area contributed by atoms with E-state index in [0.29, 0.717) is 29.3 Å². The van der Waals surface area contributed by atoms with Gasteiger partial charge in [0.05, 0.1) is 22.6 Å². The van der Waals surface area contributed by atoms with Crippen LogP contribution in [0.2, 0.25) is 0 Å². The molecule has 6 heteroatoms. The third-order valence-electron chi connectivity index (χ3n) is 3.06. The van der Waals surface area contributed by atoms with Crippen LogP contribution in [-0.4, -0.2) is 9.55 Å². The van der Waals surface area contributed by atoms with Crippen LogP contribution in [0.3, 0.4) is 0 Å². The topological polar surface area (TPSA) is 43.8 Å². The Hall–Kier alpha value is -1.56. The molecule has 1 heterocycles. The summed E-state index contributed by atoms with van der Waals surface area (Å²) < 4.78 is 40.1. The summed E-state index contributed by atoms with van der Waals surface area (Å²) in [7, 11) is 0. The van der Waals surface area contributed by atoms with Crippen LogP contribution in [0.25, 0.3) is 11.0 Å². The van der Waals surface area contributed by atoms with Gasteiger partial charge >= 0.3 is 6.18 Å². The van der Waals surface area contributed by atoms with Gasteiger partial charge in [-0.1, -0.05) is 13.8 Å². The zero-order chi connectivity index (χ0) is 15.1. The van der Waals surface area contributed by atoms with Gasteiger partial charge in [-0.25, -0.2) is 4.98 Å². The van der Waals surface area contributed by atoms with Gasteiger partial charge in [0.1, 0.15) is 5.82 Å². The van der Waals surface area contributed by atoms with E-state index in [1.165, 1.54) is 6.07 Å². The number of fused-ring (bicyclic) bond motifs is 1. The van der Waals surface area contributed by atoms with Crippen LogP contribution >= 0.6 is 0 Å². The minimum Gasteiger partial charge on any atom is -0.326 e. The first-order chi connectivity index (χ1) is 9.20. The Bertz CT molecular complexity index is 612. The van der Waals surface area contributed by atoms with Crippen molar-refractivity contribution in [2.75, 3.05) is 0 Å². The van der Waals surface area contributed by atoms with Crippen molar-refractivity contribution in [3.63, 3.8) is 0 Å². The molecule has 2 aromatic rings. The molecule has 2 N–H and O–H groups in total. The Morgan fingerprint density at radius 1 is 1.25 bits per heavy atom. The summed E-state index contributed by atoms with van der Waals surface area (Å²) in [6, 6.07) is 3.32. The van der Waals surface area contributed by atoms with E-state index in [9.17, 15) is 13.2 Å². The molecule has 0 saturated heterocycles. The molecule has 1 aromatic carbocycles. The van der Waals surface area contributed by atoms with E-state index in [2.05, 4.69) is 4.98 Å². The fraction of sp³-hybridized carbons (Fsp3) is 0.500. The fourth-order valence-electron chi connectivity index (χ4n) is 2.23. The standard InChI is InChI=1S/C14H18F3N3/c1-8(2)7-20-12-5-4-10(14(15,16)17)6-11(12)19-13(20)9(3)18/h4-6,8-9H,7,18H2,1-3H3. The van der Waals surface area contributed by atoms with E-state index in [4.69, 9.17) is 5.73 Å². The van der Waals surface area contributed by atoms with Gasteiger partial charge in [-0.05, 0) is 31.0 Å². The van der Waals surface area contributed by atoms with Gasteiger partial charge in [0.15, 0.2) is 0 Å². The molecule has 0 radical (unpaired) electrons. The lowest BCUT2D eigenvalue weighted by molar-refractivity contribution is -0.137. The second-order valence-corrected chi connectivity index (χ2v) is 5.46. The Kier molecular flexibility index (Phi) is 3.77. The summed E-state index contributed by atoms with van der Waals surface area (Å²) in [5.41, 5.74) is 6.22. The van der Waals surface area contributed by atoms with Gasteiger partial charge in [0.2, 0.25) is 0 Å². The number of hydrogen-bond donors (Lipinski definition) is 1. The predicted octanol–water partition coefficient (Wildman–Crippen LogP) is 3.73. The van der Waals surface area contributed by atoms with Crippen molar-refractivity contribution in [2.24, 2.45) is 11.7 Å². The number of rotatable bonds is 3. The number of nitrogens with two attached hydrogens (primary N) is 1. The summed E-state index contributed by atoms with van der Waals surface area (Å²) in [6.45, 7) is 6.54. The Labute approximate surface area is 115 Å². The average Bonchev–Trinajstić information content (AvgIpc) is 2.65. The van der Waals surface area contributed by atoms with Crippen molar-refractivity contribution in [2.45, 2.75) is 39.5 Å². The molecule has 1 aromatic heterocycles. The van der Waals surface area contributed by atoms with Gasteiger partial charge in [-0.3, -0.25) is 0 Å². The highest BCUT2D eigenvalue weighted by molar-refractivity contribution is 5.77. The zero-order valence-corrected chi connectivity index (χ0v) is 11.7. The summed E-state index contributed by atoms with van der Waals surface area (Å²) in [5, 5.41) is 0. The Morgan fingerprint density at radius 2 is 1.90 bits per heavy atom. The molecule has 1 atom stereocenters. The quantitative estimate of drug-likeness (QED) is 0.933. The second-order valence-electron chi connectivity index (χ2n) is 5.46. The number of imidazole rings is 1. The van der Waals surface area contributed by atoms with Crippen LogP contribution in [0, 0.1) is 5.92 Å². The number of benzene rings is 1. The van der Waals surface area contributed by atoms with Gasteiger partial charge in [0.25, 0.3) is 0 Å². The molecule has 0 saturated carbocycles. The minimum absolute atomic E-state index is 0.324. The molecule has 0 bridgehead atoms. The number of alkyl halides is 3. The number of halogens is 3. The van der Waals surface area contributed by atoms with E-state index >= 15 is 0 Å². The molecule has 110 valence electrons. The molecule has 0 amide bonds. The Morgan fingerprint density at radius 3 is 2.40 bits per heavy atom. The van der Waals surface area contributed by atoms with Gasteiger partial charge in [-0.15, -0.1) is 0 Å². The summed E-state index contributed by atoms with van der Waals surface area (Å²) in [5.74, 6) is 0.972. The third-order valence-corrected chi connectivity index (χ3v) is 3.06. The van der Waals surface area contributed by atoms with Gasteiger partial charge < -0.3 is 10.3 Å². The average molecular weight is 285 g/mol. The first kappa shape index (κ1) is 14.8. The third kappa shape index (κ3) is 2.80. The van der Waals surface area contributed by atoms with Crippen LogP contribution in [-0.2, 0) is 12.7 Å². The Balaban J connectivity index is 2.61. The number of hydrogen-bond acceptors (Lipinski definition) is 2. The minimum atomic E-state index is -4.36. The smallest absolute Gasteiger partial charge is 0.326 e. The van der Waals surface area contributed by atoms with E-state index in [-0.39, 0.29) is 6.04 Å². The molecule has 0 fully saturated rings. The molecule has 1 unspecified atom stereocenters. The molecule has 0 spiro atoms. The monoisotopic (exact) mass is 285 g/mol. The highest BCUT2D eigenvalue weighted by Gasteiger charge is 2.31. The SMILES string of the molecule is CC(C)Cn1c(C(C)N)nc2cc(C(F)(F)F)ccc21. The van der Waals surface area contributed by atoms with E-state index < -0.39 is 11.7 Å². The maximum atomic E-state index is 12.7. The largest absolute Gasteiger partial charge is 0.416 e. The molecular formula is C14H18F3N3. The molecule has 2 rings (SSSR count). The summed E-state index contributed by atoms with van der Waals surface area (Å²) >= 11 is 0. The van der Waals surface area contributed by atoms with Gasteiger partial charge in [0, 0.05) is 6.54 Å². The highest BCUT2D eigenvalue weighted by Crippen LogP contribution is 2.32. The van der Waals surface area contributed by atoms with Crippen molar-refractivity contribution < 1.29 is 13.2 Å². The molecule has 3 nitrogen and oxygen atoms in total. The highest BCUT2D eigenvalue weighted by atomic mass is 19.4. The fourth-order valence-corrected chi connectivity index (χ4v) is 2.23. The molecular weight excluding hydrogens is 267 g/mol. The van der Waals surface area contributed by atoms with Crippen molar-refractivity contribution in [3.8, 4) is 0 Å². The number of aromatic nitrogens is 2. The van der Waals surface area contributed by atoms with E-state index in [1.807, 2.05) is 18.4 Å². The lowest BCUT2D eigenvalue weighted by Gasteiger charge is -2.13. The maximum Gasteiger partial charge on any atom is 0.416 e. The van der Waals surface area contributed by atoms with Crippen LogP contribution < -0.4 is 5.73 Å². The molecule has 0 aliphatic heterocycles. The maximum absolute atomic E-state index is 12.7. The first-order valence-corrected chi connectivity index (χ1v) is 6.53. The normalized spacial score (nSPS) is 14.2. The van der Waals surface area contributed by atoms with E-state index in [0.717, 1.165) is 12.1 Å². The van der Waals surface area contributed by atoms with E-state index in [1.54, 1.807) is 6.92 Å². The van der Waals surface area contributed by atoms with Gasteiger partial charge in [-0.2, -0.15) is 13.2 Å². The molecule has 0 aliphatic rings. The van der Waals surface area contributed by atoms with Crippen LogP contribution in [0.1, 0.15) is 38.2 Å². The molecule has 0 aliphatic carbocycles. The van der Waals surface area contributed by atoms with Crippen LogP contribution in [0.5, 0.6) is 0 Å². The molecule has 20 heavy (non-hydrogen) atoms. The van der Waals surface area contributed by atoms with Crippen LogP contribution in [0.15, 0.2) is 18.2 Å². The second kappa shape index (κ2) is 5.09. The number of nitrogens with zero attached hydrogens (tertiary/aromatic N) is 2. The van der Waals surface area contributed by atoms with Crippen LogP contribution in [0.4, 0.5) is 13.2 Å².